The molecule has 0 aromatic heterocycles. The van der Waals surface area contributed by atoms with E-state index in [-0.39, 0.29) is 11.5 Å². The van der Waals surface area contributed by atoms with E-state index in [0.717, 1.165) is 38.6 Å². The van der Waals surface area contributed by atoms with Gasteiger partial charge >= 0.3 is 0 Å². The fourth-order valence-corrected chi connectivity index (χ4v) is 3.60. The number of likely N-dealkylation sites (tertiary alicyclic amines) is 1. The minimum Gasteiger partial charge on any atom is -0.390 e. The van der Waals surface area contributed by atoms with Gasteiger partial charge in [0.05, 0.1) is 12.2 Å². The van der Waals surface area contributed by atoms with Crippen LogP contribution in [0.3, 0.4) is 0 Å². The Morgan fingerprint density at radius 3 is 2.57 bits per heavy atom. The van der Waals surface area contributed by atoms with E-state index in [2.05, 4.69) is 37.9 Å². The molecule has 3 unspecified atom stereocenters. The fraction of sp³-hybridized carbons (Fsp3) is 1.00. The molecule has 0 amide bonds. The van der Waals surface area contributed by atoms with Crippen molar-refractivity contribution in [2.45, 2.75) is 65.2 Å². The van der Waals surface area contributed by atoms with E-state index >= 15 is 0 Å². The van der Waals surface area contributed by atoms with Gasteiger partial charge in [-0.3, -0.25) is 0 Å². The molecule has 3 atom stereocenters. The van der Waals surface area contributed by atoms with Gasteiger partial charge in [-0.05, 0) is 45.2 Å². The van der Waals surface area contributed by atoms with Crippen molar-refractivity contribution >= 4 is 0 Å². The third kappa shape index (κ3) is 4.41. The van der Waals surface area contributed by atoms with Crippen molar-refractivity contribution < 1.29 is 9.84 Å². The summed E-state index contributed by atoms with van der Waals surface area (Å²) in [4.78, 5) is 2.40. The van der Waals surface area contributed by atoms with E-state index in [1.54, 1.807) is 0 Å². The number of rotatable bonds is 7. The first-order valence-electron chi connectivity index (χ1n) is 8.68. The normalized spacial score (nSPS) is 31.9. The van der Waals surface area contributed by atoms with Crippen LogP contribution < -0.4 is 5.32 Å². The summed E-state index contributed by atoms with van der Waals surface area (Å²) >= 11 is 0. The third-order valence-corrected chi connectivity index (χ3v) is 5.49. The monoisotopic (exact) mass is 298 g/mol. The largest absolute Gasteiger partial charge is 0.390 e. The van der Waals surface area contributed by atoms with Gasteiger partial charge in [-0.1, -0.05) is 20.8 Å². The summed E-state index contributed by atoms with van der Waals surface area (Å²) in [5.41, 5.74) is 0.177. The van der Waals surface area contributed by atoms with Crippen LogP contribution in [0.15, 0.2) is 0 Å². The molecule has 0 bridgehead atoms. The number of nitrogens with one attached hydrogen (secondary N) is 1. The summed E-state index contributed by atoms with van der Waals surface area (Å²) in [7, 11) is 0. The van der Waals surface area contributed by atoms with Crippen molar-refractivity contribution in [3.05, 3.63) is 0 Å². The number of hydrogen-bond acceptors (Lipinski definition) is 4. The van der Waals surface area contributed by atoms with E-state index < -0.39 is 0 Å². The summed E-state index contributed by atoms with van der Waals surface area (Å²) in [5.74, 6) is 0.850. The molecule has 21 heavy (non-hydrogen) atoms. The first-order valence-corrected chi connectivity index (χ1v) is 8.68. The first-order chi connectivity index (χ1) is 9.93. The summed E-state index contributed by atoms with van der Waals surface area (Å²) in [5, 5.41) is 13.8. The Morgan fingerprint density at radius 2 is 2.00 bits per heavy atom. The van der Waals surface area contributed by atoms with E-state index in [1.807, 2.05) is 0 Å². The molecule has 4 nitrogen and oxygen atoms in total. The second-order valence-electron chi connectivity index (χ2n) is 7.60. The predicted molar refractivity (Wildman–Crippen MR) is 86.4 cm³/mol. The highest BCUT2D eigenvalue weighted by molar-refractivity contribution is 5.02. The highest BCUT2D eigenvalue weighted by atomic mass is 16.5. The van der Waals surface area contributed by atoms with E-state index in [4.69, 9.17) is 4.74 Å². The lowest BCUT2D eigenvalue weighted by Crippen LogP contribution is -2.62. The SMILES string of the molecule is CCOC1CC(NCC(O)CN2CCC(C)CC2)C1(C)C. The van der Waals surface area contributed by atoms with Crippen LogP contribution in [0.5, 0.6) is 0 Å². The molecule has 2 aliphatic rings. The van der Waals surface area contributed by atoms with Crippen molar-refractivity contribution in [2.75, 3.05) is 32.8 Å². The molecule has 0 aromatic carbocycles. The topological polar surface area (TPSA) is 44.7 Å². The Hall–Kier alpha value is -0.160. The molecule has 0 aromatic rings. The molecular formula is C17H34N2O2. The lowest BCUT2D eigenvalue weighted by Gasteiger charge is -2.52. The molecule has 124 valence electrons. The van der Waals surface area contributed by atoms with Crippen LogP contribution in [0.1, 0.15) is 47.0 Å². The highest BCUT2D eigenvalue weighted by Crippen LogP contribution is 2.42. The zero-order valence-electron chi connectivity index (χ0n) is 14.3. The van der Waals surface area contributed by atoms with Gasteiger partial charge in [0.15, 0.2) is 0 Å². The van der Waals surface area contributed by atoms with Gasteiger partial charge in [0.2, 0.25) is 0 Å². The maximum atomic E-state index is 10.2. The van der Waals surface area contributed by atoms with Gasteiger partial charge in [-0.15, -0.1) is 0 Å². The highest BCUT2D eigenvalue weighted by Gasteiger charge is 2.48. The maximum absolute atomic E-state index is 10.2. The van der Waals surface area contributed by atoms with Crippen LogP contribution in [0.4, 0.5) is 0 Å². The fourth-order valence-electron chi connectivity index (χ4n) is 3.60. The van der Waals surface area contributed by atoms with Crippen LogP contribution in [-0.2, 0) is 4.74 Å². The van der Waals surface area contributed by atoms with Crippen LogP contribution in [0.2, 0.25) is 0 Å². The lowest BCUT2D eigenvalue weighted by atomic mass is 9.64. The number of β-amino-alcohol motifs (C(OH)–C–C–N with tert-alkyl or cyclic N) is 1. The van der Waals surface area contributed by atoms with Crippen molar-refractivity contribution in [2.24, 2.45) is 11.3 Å². The van der Waals surface area contributed by atoms with E-state index in [9.17, 15) is 5.11 Å². The van der Waals surface area contributed by atoms with Gasteiger partial charge < -0.3 is 20.1 Å². The molecule has 1 aliphatic carbocycles. The molecule has 4 heteroatoms. The van der Waals surface area contributed by atoms with Gasteiger partial charge in [-0.2, -0.15) is 0 Å². The smallest absolute Gasteiger partial charge is 0.0791 e. The minimum absolute atomic E-state index is 0.177. The summed E-state index contributed by atoms with van der Waals surface area (Å²) < 4.78 is 5.75. The molecular weight excluding hydrogens is 264 g/mol. The Balaban J connectivity index is 1.64. The Morgan fingerprint density at radius 1 is 1.33 bits per heavy atom. The maximum Gasteiger partial charge on any atom is 0.0791 e. The Bertz CT molecular complexity index is 314. The number of piperidine rings is 1. The molecule has 1 saturated heterocycles. The average Bonchev–Trinajstić information content (AvgIpc) is 2.44. The number of aliphatic hydroxyl groups is 1. The van der Waals surface area contributed by atoms with Gasteiger partial charge in [-0.25, -0.2) is 0 Å². The minimum atomic E-state index is -0.264. The second kappa shape index (κ2) is 7.40. The summed E-state index contributed by atoms with van der Waals surface area (Å²) in [6, 6.07) is 0.463. The van der Waals surface area contributed by atoms with Gasteiger partial charge in [0, 0.05) is 31.2 Å². The second-order valence-corrected chi connectivity index (χ2v) is 7.60. The molecule has 0 radical (unpaired) electrons. The van der Waals surface area contributed by atoms with Crippen molar-refractivity contribution in [1.29, 1.82) is 0 Å². The lowest BCUT2D eigenvalue weighted by molar-refractivity contribution is -0.115. The average molecular weight is 298 g/mol. The van der Waals surface area contributed by atoms with Crippen molar-refractivity contribution in [3.8, 4) is 0 Å². The van der Waals surface area contributed by atoms with Gasteiger partial charge in [0.25, 0.3) is 0 Å². The van der Waals surface area contributed by atoms with Crippen LogP contribution in [-0.4, -0.2) is 61.0 Å². The van der Waals surface area contributed by atoms with Crippen LogP contribution >= 0.6 is 0 Å². The molecule has 2 fully saturated rings. The molecule has 1 saturated carbocycles. The number of nitrogens with zero attached hydrogens (tertiary/aromatic N) is 1. The molecule has 0 spiro atoms. The molecule has 2 N–H and O–H groups in total. The van der Waals surface area contributed by atoms with Gasteiger partial charge in [0.1, 0.15) is 0 Å². The van der Waals surface area contributed by atoms with Crippen molar-refractivity contribution in [3.63, 3.8) is 0 Å². The first kappa shape index (κ1) is 17.2. The number of hydrogen-bond donors (Lipinski definition) is 2. The van der Waals surface area contributed by atoms with E-state index in [0.29, 0.717) is 18.7 Å². The van der Waals surface area contributed by atoms with E-state index in [1.165, 1.54) is 12.8 Å². The number of aliphatic hydroxyl groups excluding tert-OH is 1. The summed E-state index contributed by atoms with van der Waals surface area (Å²) in [6.07, 6.45) is 3.70. The molecule has 1 aliphatic heterocycles. The standard InChI is InChI=1S/C17H34N2O2/c1-5-21-16-10-15(17(16,3)4)18-11-14(20)12-19-8-6-13(2)7-9-19/h13-16,18,20H,5-12H2,1-4H3. The molecule has 2 rings (SSSR count). The van der Waals surface area contributed by atoms with Crippen LogP contribution in [0, 0.1) is 11.3 Å². The van der Waals surface area contributed by atoms with Crippen LogP contribution in [0.25, 0.3) is 0 Å². The zero-order chi connectivity index (χ0) is 15.5. The quantitative estimate of drug-likeness (QED) is 0.753. The Labute approximate surface area is 130 Å². The molecule has 1 heterocycles. The van der Waals surface area contributed by atoms with Crippen molar-refractivity contribution in [1.82, 2.24) is 10.2 Å². The summed E-state index contributed by atoms with van der Waals surface area (Å²) in [6.45, 7) is 13.5. The Kier molecular flexibility index (Phi) is 6.06. The third-order valence-electron chi connectivity index (χ3n) is 5.49. The predicted octanol–water partition coefficient (Wildman–Crippen LogP) is 1.87. The zero-order valence-corrected chi connectivity index (χ0v) is 14.3. The number of ether oxygens (including phenoxy) is 1.